The van der Waals surface area contributed by atoms with E-state index >= 15 is 0 Å². The van der Waals surface area contributed by atoms with Crippen LogP contribution in [0.3, 0.4) is 0 Å². The highest BCUT2D eigenvalue weighted by Gasteiger charge is 2.18. The summed E-state index contributed by atoms with van der Waals surface area (Å²) in [5.74, 6) is -1.13. The number of hydrogen-bond acceptors (Lipinski definition) is 5. The molecule has 0 heterocycles. The van der Waals surface area contributed by atoms with Gasteiger partial charge in [0, 0.05) is 6.07 Å². The summed E-state index contributed by atoms with van der Waals surface area (Å²) in [6, 6.07) is 5.22. The molecule has 1 aromatic rings. The Morgan fingerprint density at radius 2 is 2.31 bits per heavy atom. The highest BCUT2D eigenvalue weighted by atomic mass is 16.6. The van der Waals surface area contributed by atoms with Crippen LogP contribution in [0.25, 0.3) is 0 Å². The van der Waals surface area contributed by atoms with Crippen molar-refractivity contribution in [1.82, 2.24) is 0 Å². The zero-order valence-corrected chi connectivity index (χ0v) is 8.01. The first-order valence-electron chi connectivity index (χ1n) is 4.19. The van der Waals surface area contributed by atoms with Crippen molar-refractivity contribution < 1.29 is 14.8 Å². The number of benzene rings is 1. The van der Waals surface area contributed by atoms with Gasteiger partial charge in [0.2, 0.25) is 5.91 Å². The van der Waals surface area contributed by atoms with E-state index in [-0.39, 0.29) is 5.69 Å². The van der Waals surface area contributed by atoms with Crippen molar-refractivity contribution in [3.63, 3.8) is 0 Å². The topological polar surface area (TPSA) is 116 Å². The summed E-state index contributed by atoms with van der Waals surface area (Å²) in [4.78, 5) is 20.9. The molecule has 0 radical (unpaired) electrons. The van der Waals surface area contributed by atoms with E-state index in [4.69, 9.17) is 5.26 Å². The summed E-state index contributed by atoms with van der Waals surface area (Å²) in [7, 11) is 0. The van der Waals surface area contributed by atoms with Crippen LogP contribution >= 0.6 is 0 Å². The number of carbonyl (C=O) groups excluding carboxylic acids is 1. The predicted octanol–water partition coefficient (Wildman–Crippen LogP) is 1.15. The number of nitro groups is 1. The van der Waals surface area contributed by atoms with Gasteiger partial charge in [-0.15, -0.1) is 0 Å². The van der Waals surface area contributed by atoms with Gasteiger partial charge in [0.15, 0.2) is 5.69 Å². The fourth-order valence-electron chi connectivity index (χ4n) is 1.06. The number of para-hydroxylation sites is 1. The molecule has 1 rings (SSSR count). The molecule has 0 aliphatic rings. The van der Waals surface area contributed by atoms with Gasteiger partial charge in [0.25, 0.3) is 5.69 Å². The Labute approximate surface area is 90.1 Å². The number of hydrogen-bond donors (Lipinski definition) is 2. The Kier molecular flexibility index (Phi) is 3.40. The summed E-state index contributed by atoms with van der Waals surface area (Å²) in [5, 5.41) is 30.3. The van der Waals surface area contributed by atoms with Crippen LogP contribution in [0.2, 0.25) is 0 Å². The van der Waals surface area contributed by atoms with Crippen molar-refractivity contribution in [1.29, 1.82) is 5.26 Å². The van der Waals surface area contributed by atoms with Gasteiger partial charge >= 0.3 is 0 Å². The average molecular weight is 221 g/mol. The van der Waals surface area contributed by atoms with E-state index in [0.717, 1.165) is 6.07 Å². The van der Waals surface area contributed by atoms with Gasteiger partial charge in [-0.2, -0.15) is 5.26 Å². The summed E-state index contributed by atoms with van der Waals surface area (Å²) in [6.45, 7) is 0. The lowest BCUT2D eigenvalue weighted by Gasteiger charge is -2.05. The molecule has 0 aliphatic carbocycles. The Morgan fingerprint density at radius 3 is 2.88 bits per heavy atom. The first-order valence-corrected chi connectivity index (χ1v) is 4.19. The lowest BCUT2D eigenvalue weighted by atomic mass is 10.2. The van der Waals surface area contributed by atoms with Crippen LogP contribution < -0.4 is 5.32 Å². The Balaban J connectivity index is 3.07. The van der Waals surface area contributed by atoms with Crippen LogP contribution in [-0.2, 0) is 4.79 Å². The maximum Gasteiger partial charge on any atom is 0.296 e. The van der Waals surface area contributed by atoms with Gasteiger partial charge in [-0.1, -0.05) is 6.07 Å². The summed E-state index contributed by atoms with van der Waals surface area (Å²) in [5.41, 5.74) is -0.723. The molecular formula is C9H7N3O4. The van der Waals surface area contributed by atoms with Crippen LogP contribution in [0, 0.1) is 21.4 Å². The number of carbonyl (C=O) groups is 1. The smallest absolute Gasteiger partial charge is 0.296 e. The highest BCUT2D eigenvalue weighted by molar-refractivity contribution is 5.95. The second-order valence-electron chi connectivity index (χ2n) is 2.81. The number of rotatable bonds is 3. The second-order valence-corrected chi connectivity index (χ2v) is 2.81. The molecule has 2 N–H and O–H groups in total. The molecule has 16 heavy (non-hydrogen) atoms. The van der Waals surface area contributed by atoms with E-state index in [1.54, 1.807) is 6.07 Å². The van der Waals surface area contributed by atoms with E-state index < -0.39 is 28.7 Å². The fourth-order valence-corrected chi connectivity index (χ4v) is 1.06. The molecule has 7 nitrogen and oxygen atoms in total. The average Bonchev–Trinajstić information content (AvgIpc) is 2.21. The van der Waals surface area contributed by atoms with Gasteiger partial charge in [0.1, 0.15) is 12.2 Å². The second kappa shape index (κ2) is 4.75. The lowest BCUT2D eigenvalue weighted by Crippen LogP contribution is -2.11. The lowest BCUT2D eigenvalue weighted by molar-refractivity contribution is -0.384. The Bertz CT molecular complexity index is 478. The minimum absolute atomic E-state index is 0.298. The number of phenolic OH excluding ortho intramolecular Hbond substituents is 1. The molecule has 1 amide bonds. The van der Waals surface area contributed by atoms with Gasteiger partial charge in [-0.05, 0) is 6.07 Å². The zero-order chi connectivity index (χ0) is 12.1. The number of aromatic hydroxyl groups is 1. The van der Waals surface area contributed by atoms with Gasteiger partial charge in [-0.3, -0.25) is 14.9 Å². The van der Waals surface area contributed by atoms with Crippen molar-refractivity contribution in [2.24, 2.45) is 0 Å². The first-order chi connectivity index (χ1) is 7.56. The number of nitrogens with one attached hydrogen (secondary N) is 1. The number of nitrogens with zero attached hydrogens (tertiary/aromatic N) is 2. The summed E-state index contributed by atoms with van der Waals surface area (Å²) in [6.07, 6.45) is -0.439. The van der Waals surface area contributed by atoms with Crippen LogP contribution in [-0.4, -0.2) is 15.9 Å². The number of nitro benzene ring substituents is 1. The molecule has 0 aromatic heterocycles. The molecule has 0 unspecified atom stereocenters. The van der Waals surface area contributed by atoms with E-state index in [2.05, 4.69) is 5.32 Å². The summed E-state index contributed by atoms with van der Waals surface area (Å²) < 4.78 is 0. The molecule has 0 saturated heterocycles. The van der Waals surface area contributed by atoms with Crippen molar-refractivity contribution in [3.8, 4) is 11.8 Å². The van der Waals surface area contributed by atoms with Gasteiger partial charge in [0.05, 0.1) is 11.0 Å². The molecule has 0 spiro atoms. The first kappa shape index (κ1) is 11.5. The van der Waals surface area contributed by atoms with Crippen LogP contribution in [0.1, 0.15) is 6.42 Å². The molecule has 1 aromatic carbocycles. The SMILES string of the molecule is N#CCC(=O)Nc1c(O)cccc1[N+](=O)[O-]. The zero-order valence-electron chi connectivity index (χ0n) is 8.01. The fraction of sp³-hybridized carbons (Fsp3) is 0.111. The van der Waals surface area contributed by atoms with Crippen molar-refractivity contribution in [3.05, 3.63) is 28.3 Å². The summed E-state index contributed by atoms with van der Waals surface area (Å²) >= 11 is 0. The third kappa shape index (κ3) is 2.45. The molecule has 82 valence electrons. The van der Waals surface area contributed by atoms with Crippen LogP contribution in [0.4, 0.5) is 11.4 Å². The monoisotopic (exact) mass is 221 g/mol. The van der Waals surface area contributed by atoms with E-state index in [0.29, 0.717) is 0 Å². The third-order valence-corrected chi connectivity index (χ3v) is 1.72. The van der Waals surface area contributed by atoms with Crippen molar-refractivity contribution in [2.75, 3.05) is 5.32 Å². The minimum atomic E-state index is -0.734. The molecule has 0 fully saturated rings. The maximum absolute atomic E-state index is 11.1. The minimum Gasteiger partial charge on any atom is -0.505 e. The third-order valence-electron chi connectivity index (χ3n) is 1.72. The number of amides is 1. The van der Waals surface area contributed by atoms with E-state index in [1.807, 2.05) is 0 Å². The van der Waals surface area contributed by atoms with Crippen molar-refractivity contribution >= 4 is 17.3 Å². The molecule has 7 heteroatoms. The number of nitriles is 1. The Morgan fingerprint density at radius 1 is 1.62 bits per heavy atom. The van der Waals surface area contributed by atoms with Crippen LogP contribution in [0.5, 0.6) is 5.75 Å². The maximum atomic E-state index is 11.1. The molecule has 0 aliphatic heterocycles. The number of phenols is 1. The largest absolute Gasteiger partial charge is 0.505 e. The Hall–Kier alpha value is -2.62. The van der Waals surface area contributed by atoms with Gasteiger partial charge < -0.3 is 10.4 Å². The molecule has 0 saturated carbocycles. The molecule has 0 atom stereocenters. The van der Waals surface area contributed by atoms with Gasteiger partial charge in [-0.25, -0.2) is 0 Å². The number of anilines is 1. The molecule has 0 bridgehead atoms. The van der Waals surface area contributed by atoms with E-state index in [9.17, 15) is 20.0 Å². The van der Waals surface area contributed by atoms with Crippen LogP contribution in [0.15, 0.2) is 18.2 Å². The predicted molar refractivity (Wildman–Crippen MR) is 53.6 cm³/mol. The standard InChI is InChI=1S/C9H7N3O4/c10-5-4-8(14)11-9-6(12(15)16)2-1-3-7(9)13/h1-3,13H,4H2,(H,11,14). The van der Waals surface area contributed by atoms with Crippen molar-refractivity contribution in [2.45, 2.75) is 6.42 Å². The molecular weight excluding hydrogens is 214 g/mol. The quantitative estimate of drug-likeness (QED) is 0.451. The van der Waals surface area contributed by atoms with E-state index in [1.165, 1.54) is 12.1 Å². The normalized spacial score (nSPS) is 9.19. The highest BCUT2D eigenvalue weighted by Crippen LogP contribution is 2.32.